The van der Waals surface area contributed by atoms with E-state index in [4.69, 9.17) is 21.1 Å². The van der Waals surface area contributed by atoms with Crippen molar-refractivity contribution in [1.29, 1.82) is 0 Å². The fraction of sp³-hybridized carbons (Fsp3) is 0.158. The molecule has 0 atom stereocenters. The summed E-state index contributed by atoms with van der Waals surface area (Å²) in [5, 5.41) is 5.06. The Kier molecular flexibility index (Phi) is 5.05. The monoisotopic (exact) mass is 356 g/mol. The number of carbonyl (C=O) groups is 1. The first-order valence-electron chi connectivity index (χ1n) is 7.80. The van der Waals surface area contributed by atoms with Crippen molar-refractivity contribution in [1.82, 2.24) is 9.78 Å². The average molecular weight is 357 g/mol. The summed E-state index contributed by atoms with van der Waals surface area (Å²) in [4.78, 5) is 12.3. The summed E-state index contributed by atoms with van der Waals surface area (Å²) in [6, 6.07) is 16.4. The molecule has 0 spiro atoms. The van der Waals surface area contributed by atoms with Crippen LogP contribution in [-0.2, 0) is 4.74 Å². The first kappa shape index (κ1) is 17.0. The smallest absolute Gasteiger partial charge is 0.357 e. The van der Waals surface area contributed by atoms with Crippen LogP contribution in [0.25, 0.3) is 16.9 Å². The summed E-state index contributed by atoms with van der Waals surface area (Å²) in [6.45, 7) is 2.04. The van der Waals surface area contributed by atoms with Crippen molar-refractivity contribution in [3.8, 4) is 22.7 Å². The Bertz CT molecular complexity index is 888. The molecule has 0 radical (unpaired) electrons. The number of hydrogen-bond donors (Lipinski definition) is 0. The number of nitrogens with zero attached hydrogens (tertiary/aromatic N) is 2. The minimum Gasteiger partial charge on any atom is -0.497 e. The molecule has 0 amide bonds. The zero-order valence-electron chi connectivity index (χ0n) is 13.9. The van der Waals surface area contributed by atoms with Crippen LogP contribution in [0.15, 0.2) is 54.6 Å². The van der Waals surface area contributed by atoms with Crippen LogP contribution in [0, 0.1) is 0 Å². The molecule has 3 rings (SSSR count). The molecule has 0 aliphatic heterocycles. The Labute approximate surface area is 150 Å². The highest BCUT2D eigenvalue weighted by atomic mass is 35.5. The van der Waals surface area contributed by atoms with Crippen molar-refractivity contribution in [2.75, 3.05) is 13.7 Å². The Morgan fingerprint density at radius 1 is 1.16 bits per heavy atom. The number of aromatic nitrogens is 2. The van der Waals surface area contributed by atoms with Gasteiger partial charge in [-0.3, -0.25) is 0 Å². The Balaban J connectivity index is 2.11. The molecule has 0 saturated carbocycles. The van der Waals surface area contributed by atoms with E-state index in [1.165, 1.54) is 4.68 Å². The molecule has 0 aliphatic carbocycles. The molecule has 0 fully saturated rings. The van der Waals surface area contributed by atoms with Crippen LogP contribution in [0.5, 0.6) is 5.75 Å². The third-order valence-electron chi connectivity index (χ3n) is 3.66. The maximum atomic E-state index is 12.3. The first-order valence-corrected chi connectivity index (χ1v) is 8.18. The number of ether oxygens (including phenoxy) is 2. The van der Waals surface area contributed by atoms with Gasteiger partial charge < -0.3 is 9.47 Å². The van der Waals surface area contributed by atoms with Gasteiger partial charge >= 0.3 is 5.97 Å². The van der Waals surface area contributed by atoms with Crippen molar-refractivity contribution >= 4 is 17.6 Å². The lowest BCUT2D eigenvalue weighted by atomic mass is 10.1. The van der Waals surface area contributed by atoms with Crippen LogP contribution >= 0.6 is 11.6 Å². The molecule has 0 N–H and O–H groups in total. The number of hydrogen-bond acceptors (Lipinski definition) is 4. The van der Waals surface area contributed by atoms with E-state index in [-0.39, 0.29) is 6.61 Å². The van der Waals surface area contributed by atoms with E-state index in [0.29, 0.717) is 22.1 Å². The van der Waals surface area contributed by atoms with Crippen molar-refractivity contribution in [3.63, 3.8) is 0 Å². The van der Waals surface area contributed by atoms with Crippen molar-refractivity contribution in [2.24, 2.45) is 0 Å². The number of methoxy groups -OCH3 is 1. The van der Waals surface area contributed by atoms with Gasteiger partial charge in [-0.25, -0.2) is 9.48 Å². The third kappa shape index (κ3) is 3.51. The van der Waals surface area contributed by atoms with Crippen LogP contribution in [0.3, 0.4) is 0 Å². The van der Waals surface area contributed by atoms with E-state index >= 15 is 0 Å². The fourth-order valence-corrected chi connectivity index (χ4v) is 2.66. The van der Waals surface area contributed by atoms with Crippen molar-refractivity contribution in [3.05, 3.63) is 65.3 Å². The highest BCUT2D eigenvalue weighted by molar-refractivity contribution is 6.32. The fourth-order valence-electron chi connectivity index (χ4n) is 2.44. The van der Waals surface area contributed by atoms with E-state index in [1.807, 2.05) is 36.4 Å². The van der Waals surface area contributed by atoms with E-state index in [2.05, 4.69) is 5.10 Å². The number of benzene rings is 2. The quantitative estimate of drug-likeness (QED) is 0.637. The molecule has 1 aromatic heterocycles. The van der Waals surface area contributed by atoms with Crippen LogP contribution in [-0.4, -0.2) is 29.5 Å². The molecule has 2 aromatic carbocycles. The van der Waals surface area contributed by atoms with Gasteiger partial charge in [0.25, 0.3) is 0 Å². The zero-order chi connectivity index (χ0) is 17.8. The van der Waals surface area contributed by atoms with E-state index in [9.17, 15) is 4.79 Å². The van der Waals surface area contributed by atoms with E-state index in [1.54, 1.807) is 32.2 Å². The van der Waals surface area contributed by atoms with Gasteiger partial charge in [0.15, 0.2) is 5.69 Å². The summed E-state index contributed by atoms with van der Waals surface area (Å²) in [7, 11) is 1.61. The lowest BCUT2D eigenvalue weighted by Gasteiger charge is -2.08. The number of esters is 1. The molecule has 0 saturated heterocycles. The van der Waals surface area contributed by atoms with E-state index < -0.39 is 5.97 Å². The Hall–Kier alpha value is -2.79. The van der Waals surface area contributed by atoms with Gasteiger partial charge in [-0.15, -0.1) is 0 Å². The average Bonchev–Trinajstić information content (AvgIpc) is 3.07. The van der Waals surface area contributed by atoms with E-state index in [0.717, 1.165) is 11.3 Å². The largest absolute Gasteiger partial charge is 0.497 e. The number of para-hydroxylation sites is 1. The number of carbonyl (C=O) groups excluding carboxylic acids is 1. The molecule has 128 valence electrons. The predicted molar refractivity (Wildman–Crippen MR) is 96.5 cm³/mol. The van der Waals surface area contributed by atoms with Crippen molar-refractivity contribution < 1.29 is 14.3 Å². The normalized spacial score (nSPS) is 10.5. The van der Waals surface area contributed by atoms with Gasteiger partial charge in [0.2, 0.25) is 0 Å². The Morgan fingerprint density at radius 3 is 2.52 bits per heavy atom. The lowest BCUT2D eigenvalue weighted by molar-refractivity contribution is 0.0516. The van der Waals surface area contributed by atoms with Crippen LogP contribution in [0.2, 0.25) is 5.02 Å². The van der Waals surface area contributed by atoms with Gasteiger partial charge in [0.1, 0.15) is 5.75 Å². The summed E-state index contributed by atoms with van der Waals surface area (Å²) < 4.78 is 11.8. The van der Waals surface area contributed by atoms with Crippen molar-refractivity contribution in [2.45, 2.75) is 6.92 Å². The molecule has 25 heavy (non-hydrogen) atoms. The summed E-state index contributed by atoms with van der Waals surface area (Å²) in [5.41, 5.74) is 2.44. The second-order valence-corrected chi connectivity index (χ2v) is 5.63. The van der Waals surface area contributed by atoms with Gasteiger partial charge in [-0.2, -0.15) is 5.10 Å². The molecular weight excluding hydrogens is 340 g/mol. The third-order valence-corrected chi connectivity index (χ3v) is 3.98. The molecule has 0 aliphatic rings. The minimum atomic E-state index is -0.449. The number of rotatable bonds is 5. The van der Waals surface area contributed by atoms with Crippen LogP contribution in [0.1, 0.15) is 17.4 Å². The van der Waals surface area contributed by atoms with Gasteiger partial charge in [-0.05, 0) is 49.4 Å². The Morgan fingerprint density at radius 2 is 1.88 bits per heavy atom. The van der Waals surface area contributed by atoms with Gasteiger partial charge in [0, 0.05) is 5.56 Å². The zero-order valence-corrected chi connectivity index (χ0v) is 14.7. The second kappa shape index (κ2) is 7.40. The van der Waals surface area contributed by atoms with Gasteiger partial charge in [0.05, 0.1) is 30.1 Å². The maximum Gasteiger partial charge on any atom is 0.357 e. The highest BCUT2D eigenvalue weighted by Crippen LogP contribution is 2.27. The minimum absolute atomic E-state index is 0.282. The first-order chi connectivity index (χ1) is 12.1. The SMILES string of the molecule is CCOC(=O)c1cc(-c2ccc(OC)cc2)nn1-c1ccccc1Cl. The molecule has 6 heteroatoms. The summed E-state index contributed by atoms with van der Waals surface area (Å²) in [5.74, 6) is 0.301. The standard InChI is InChI=1S/C19H17ClN2O3/c1-3-25-19(23)18-12-16(13-8-10-14(24-2)11-9-13)21-22(18)17-7-5-4-6-15(17)20/h4-12H,3H2,1-2H3. The predicted octanol–water partition coefficient (Wildman–Crippen LogP) is 4.38. The topological polar surface area (TPSA) is 53.4 Å². The molecule has 1 heterocycles. The molecular formula is C19H17ClN2O3. The lowest BCUT2D eigenvalue weighted by Crippen LogP contribution is -2.12. The molecule has 0 unspecified atom stereocenters. The highest BCUT2D eigenvalue weighted by Gasteiger charge is 2.19. The molecule has 0 bridgehead atoms. The summed E-state index contributed by atoms with van der Waals surface area (Å²) >= 11 is 6.28. The summed E-state index contributed by atoms with van der Waals surface area (Å²) in [6.07, 6.45) is 0. The molecule has 3 aromatic rings. The van der Waals surface area contributed by atoms with Crippen LogP contribution in [0.4, 0.5) is 0 Å². The second-order valence-electron chi connectivity index (χ2n) is 5.23. The number of halogens is 1. The maximum absolute atomic E-state index is 12.3. The van der Waals surface area contributed by atoms with Crippen LogP contribution < -0.4 is 4.74 Å². The van der Waals surface area contributed by atoms with Gasteiger partial charge in [-0.1, -0.05) is 23.7 Å². The molecule has 5 nitrogen and oxygen atoms in total.